The third kappa shape index (κ3) is 3.75. The zero-order valence-electron chi connectivity index (χ0n) is 14.9. The van der Waals surface area contributed by atoms with Crippen LogP contribution in [0.15, 0.2) is 24.3 Å². The van der Waals surface area contributed by atoms with Crippen LogP contribution in [0.5, 0.6) is 0 Å². The number of H-pyrrole nitrogens is 1. The number of aromatic amines is 1. The molecule has 1 aliphatic rings. The van der Waals surface area contributed by atoms with Crippen molar-refractivity contribution in [2.24, 2.45) is 0 Å². The number of alkyl halides is 3. The van der Waals surface area contributed by atoms with Crippen molar-refractivity contribution >= 4 is 5.91 Å². The predicted molar refractivity (Wildman–Crippen MR) is 91.7 cm³/mol. The third-order valence-electron chi connectivity index (χ3n) is 4.41. The number of carbonyl (C=O) groups excluding carboxylic acids is 1. The number of halogens is 3. The number of nitrogens with one attached hydrogen (secondary N) is 2. The van der Waals surface area contributed by atoms with E-state index in [4.69, 9.17) is 0 Å². The van der Waals surface area contributed by atoms with Crippen LogP contribution < -0.4 is 5.32 Å². The molecule has 0 saturated carbocycles. The largest absolute Gasteiger partial charge is 0.416 e. The normalized spacial score (nSPS) is 17.4. The van der Waals surface area contributed by atoms with Crippen molar-refractivity contribution in [3.63, 3.8) is 0 Å². The summed E-state index contributed by atoms with van der Waals surface area (Å²) in [5.41, 5.74) is 0.138. The first-order chi connectivity index (χ1) is 12.1. The SMILES string of the molecule is Cc1[nH]c(-c2cccc(C(F)(F)F)c2)nc1C(=O)N1CCNC(C)(C)C1. The van der Waals surface area contributed by atoms with Crippen molar-refractivity contribution in [1.82, 2.24) is 20.2 Å². The minimum Gasteiger partial charge on any atom is -0.341 e. The monoisotopic (exact) mass is 366 g/mol. The Morgan fingerprint density at radius 3 is 2.69 bits per heavy atom. The number of amides is 1. The van der Waals surface area contributed by atoms with Gasteiger partial charge in [-0.2, -0.15) is 13.2 Å². The Morgan fingerprint density at radius 2 is 2.04 bits per heavy atom. The maximum atomic E-state index is 12.9. The summed E-state index contributed by atoms with van der Waals surface area (Å²) in [7, 11) is 0. The van der Waals surface area contributed by atoms with Crippen LogP contribution in [0, 0.1) is 6.92 Å². The second-order valence-electron chi connectivity index (χ2n) is 7.17. The van der Waals surface area contributed by atoms with E-state index < -0.39 is 11.7 Å². The Kier molecular flexibility index (Phi) is 4.56. The van der Waals surface area contributed by atoms with Crippen molar-refractivity contribution in [2.45, 2.75) is 32.5 Å². The first-order valence-corrected chi connectivity index (χ1v) is 8.35. The van der Waals surface area contributed by atoms with Crippen molar-refractivity contribution in [3.05, 3.63) is 41.2 Å². The lowest BCUT2D eigenvalue weighted by molar-refractivity contribution is -0.137. The number of piperazine rings is 1. The van der Waals surface area contributed by atoms with Gasteiger partial charge < -0.3 is 15.2 Å². The third-order valence-corrected chi connectivity index (χ3v) is 4.41. The molecule has 0 unspecified atom stereocenters. The zero-order chi connectivity index (χ0) is 19.1. The quantitative estimate of drug-likeness (QED) is 0.858. The van der Waals surface area contributed by atoms with E-state index in [0.29, 0.717) is 30.9 Å². The maximum absolute atomic E-state index is 12.9. The summed E-state index contributed by atoms with van der Waals surface area (Å²) in [6.07, 6.45) is -4.43. The molecule has 1 aromatic heterocycles. The van der Waals surface area contributed by atoms with Gasteiger partial charge in [0.1, 0.15) is 11.5 Å². The van der Waals surface area contributed by atoms with Crippen LogP contribution in [-0.4, -0.2) is 45.9 Å². The molecule has 0 bridgehead atoms. The molecule has 2 heterocycles. The Balaban J connectivity index is 1.89. The van der Waals surface area contributed by atoms with Gasteiger partial charge in [0, 0.05) is 36.4 Å². The summed E-state index contributed by atoms with van der Waals surface area (Å²) in [6.45, 7) is 7.51. The number of nitrogens with zero attached hydrogens (tertiary/aromatic N) is 2. The van der Waals surface area contributed by atoms with E-state index in [9.17, 15) is 18.0 Å². The van der Waals surface area contributed by atoms with Gasteiger partial charge in [-0.3, -0.25) is 4.79 Å². The van der Waals surface area contributed by atoms with Crippen LogP contribution >= 0.6 is 0 Å². The van der Waals surface area contributed by atoms with Gasteiger partial charge in [-0.05, 0) is 32.9 Å². The number of hydrogen-bond donors (Lipinski definition) is 2. The van der Waals surface area contributed by atoms with Crippen LogP contribution in [0.1, 0.15) is 35.6 Å². The average molecular weight is 366 g/mol. The Morgan fingerprint density at radius 1 is 1.31 bits per heavy atom. The topological polar surface area (TPSA) is 61.0 Å². The van der Waals surface area contributed by atoms with Gasteiger partial charge in [0.05, 0.1) is 5.56 Å². The van der Waals surface area contributed by atoms with E-state index in [1.54, 1.807) is 11.8 Å². The maximum Gasteiger partial charge on any atom is 0.416 e. The molecule has 5 nitrogen and oxygen atoms in total. The Labute approximate surface area is 149 Å². The van der Waals surface area contributed by atoms with Crippen molar-refractivity contribution in [3.8, 4) is 11.4 Å². The lowest BCUT2D eigenvalue weighted by Gasteiger charge is -2.38. The number of aryl methyl sites for hydroxylation is 1. The first kappa shape index (κ1) is 18.4. The molecule has 3 rings (SSSR count). The second-order valence-corrected chi connectivity index (χ2v) is 7.17. The molecule has 2 aromatic rings. The highest BCUT2D eigenvalue weighted by molar-refractivity contribution is 5.94. The summed E-state index contributed by atoms with van der Waals surface area (Å²) in [6, 6.07) is 4.90. The van der Waals surface area contributed by atoms with Crippen LogP contribution in [0.2, 0.25) is 0 Å². The van der Waals surface area contributed by atoms with Gasteiger partial charge in [0.15, 0.2) is 0 Å². The van der Waals surface area contributed by atoms with E-state index in [0.717, 1.165) is 12.1 Å². The summed E-state index contributed by atoms with van der Waals surface area (Å²) >= 11 is 0. The molecule has 140 valence electrons. The molecule has 8 heteroatoms. The molecule has 2 N–H and O–H groups in total. The number of hydrogen-bond acceptors (Lipinski definition) is 3. The summed E-state index contributed by atoms with van der Waals surface area (Å²) in [4.78, 5) is 21.8. The van der Waals surface area contributed by atoms with Crippen molar-refractivity contribution in [1.29, 1.82) is 0 Å². The molecule has 1 amide bonds. The van der Waals surface area contributed by atoms with E-state index in [-0.39, 0.29) is 23.0 Å². The number of carbonyl (C=O) groups is 1. The highest BCUT2D eigenvalue weighted by Crippen LogP contribution is 2.31. The molecule has 1 fully saturated rings. The fourth-order valence-corrected chi connectivity index (χ4v) is 3.11. The number of imidazole rings is 1. The Hall–Kier alpha value is -2.35. The van der Waals surface area contributed by atoms with E-state index in [1.807, 2.05) is 13.8 Å². The summed E-state index contributed by atoms with van der Waals surface area (Å²) in [5.74, 6) is 0.0397. The standard InChI is InChI=1S/C18H21F3N4O/c1-11-14(16(26)25-8-7-22-17(2,3)10-25)24-15(23-11)12-5-4-6-13(9-12)18(19,20)21/h4-6,9,22H,7-8,10H2,1-3H3,(H,23,24). The van der Waals surface area contributed by atoms with Crippen LogP contribution in [-0.2, 0) is 6.18 Å². The van der Waals surface area contributed by atoms with Crippen LogP contribution in [0.25, 0.3) is 11.4 Å². The van der Waals surface area contributed by atoms with Gasteiger partial charge in [0.25, 0.3) is 5.91 Å². The molecule has 1 aliphatic heterocycles. The molecule has 0 radical (unpaired) electrons. The van der Waals surface area contributed by atoms with Crippen LogP contribution in [0.3, 0.4) is 0 Å². The fourth-order valence-electron chi connectivity index (χ4n) is 3.11. The minimum absolute atomic E-state index is 0.192. The lowest BCUT2D eigenvalue weighted by Crippen LogP contribution is -2.58. The highest BCUT2D eigenvalue weighted by atomic mass is 19.4. The Bertz CT molecular complexity index is 826. The molecular formula is C18H21F3N4O. The average Bonchev–Trinajstić information content (AvgIpc) is 2.94. The zero-order valence-corrected chi connectivity index (χ0v) is 14.9. The first-order valence-electron chi connectivity index (χ1n) is 8.35. The second kappa shape index (κ2) is 6.42. The smallest absolute Gasteiger partial charge is 0.341 e. The van der Waals surface area contributed by atoms with Gasteiger partial charge in [-0.15, -0.1) is 0 Å². The minimum atomic E-state index is -4.43. The molecule has 26 heavy (non-hydrogen) atoms. The molecular weight excluding hydrogens is 345 g/mol. The number of rotatable bonds is 2. The summed E-state index contributed by atoms with van der Waals surface area (Å²) < 4.78 is 38.7. The van der Waals surface area contributed by atoms with Crippen LogP contribution in [0.4, 0.5) is 13.2 Å². The highest BCUT2D eigenvalue weighted by Gasteiger charge is 2.32. The van der Waals surface area contributed by atoms with E-state index in [2.05, 4.69) is 15.3 Å². The molecule has 0 spiro atoms. The van der Waals surface area contributed by atoms with Crippen molar-refractivity contribution < 1.29 is 18.0 Å². The lowest BCUT2D eigenvalue weighted by atomic mass is 10.0. The van der Waals surface area contributed by atoms with E-state index in [1.165, 1.54) is 12.1 Å². The van der Waals surface area contributed by atoms with Gasteiger partial charge in [-0.25, -0.2) is 4.98 Å². The fraction of sp³-hybridized carbons (Fsp3) is 0.444. The predicted octanol–water partition coefficient (Wildman–Crippen LogP) is 3.23. The molecule has 1 aromatic carbocycles. The van der Waals surface area contributed by atoms with Crippen molar-refractivity contribution in [2.75, 3.05) is 19.6 Å². The molecule has 0 atom stereocenters. The van der Waals surface area contributed by atoms with Gasteiger partial charge >= 0.3 is 6.18 Å². The van der Waals surface area contributed by atoms with Gasteiger partial charge in [0.2, 0.25) is 0 Å². The number of benzene rings is 1. The summed E-state index contributed by atoms with van der Waals surface area (Å²) in [5, 5.41) is 3.33. The molecule has 1 saturated heterocycles. The number of aromatic nitrogens is 2. The van der Waals surface area contributed by atoms with E-state index >= 15 is 0 Å². The molecule has 0 aliphatic carbocycles. The van der Waals surface area contributed by atoms with Gasteiger partial charge in [-0.1, -0.05) is 12.1 Å².